The van der Waals surface area contributed by atoms with Crippen LogP contribution in [0.25, 0.3) is 5.70 Å². The molecule has 1 fully saturated rings. The number of hydrogen-bond acceptors (Lipinski definition) is 5. The number of carbonyl (C=O) groups is 1. The lowest BCUT2D eigenvalue weighted by molar-refractivity contribution is -0.111. The Balaban J connectivity index is 1.72. The highest BCUT2D eigenvalue weighted by molar-refractivity contribution is 6.24. The average molecular weight is 318 g/mol. The third kappa shape index (κ3) is 1.76. The van der Waals surface area contributed by atoms with Crippen molar-refractivity contribution >= 4 is 17.2 Å². The molecule has 5 nitrogen and oxygen atoms in total. The number of ketones is 1. The molecule has 1 N–H and O–H groups in total. The largest absolute Gasteiger partial charge is 0.327 e. The van der Waals surface area contributed by atoms with Crippen LogP contribution in [-0.2, 0) is 9.47 Å². The summed E-state index contributed by atoms with van der Waals surface area (Å²) in [5.74, 6) is -1.22. The minimum atomic E-state index is -1.14. The van der Waals surface area contributed by atoms with Crippen molar-refractivity contribution < 1.29 is 14.3 Å². The van der Waals surface area contributed by atoms with Gasteiger partial charge < -0.3 is 14.8 Å². The monoisotopic (exact) mass is 318 g/mol. The second-order valence-electron chi connectivity index (χ2n) is 5.86. The Hall–Kier alpha value is -2.76. The average Bonchev–Trinajstić information content (AvgIpc) is 3.20. The number of nitrogens with zero attached hydrogens (tertiary/aromatic N) is 1. The molecule has 2 aliphatic heterocycles. The van der Waals surface area contributed by atoms with Gasteiger partial charge in [0.15, 0.2) is 0 Å². The third-order valence-corrected chi connectivity index (χ3v) is 4.46. The fourth-order valence-corrected chi connectivity index (χ4v) is 3.38. The van der Waals surface area contributed by atoms with Gasteiger partial charge in [0.2, 0.25) is 5.78 Å². The highest BCUT2D eigenvalue weighted by Gasteiger charge is 2.49. The van der Waals surface area contributed by atoms with Crippen LogP contribution in [0.1, 0.15) is 21.5 Å². The van der Waals surface area contributed by atoms with Crippen molar-refractivity contribution in [1.29, 1.82) is 0 Å². The zero-order valence-corrected chi connectivity index (χ0v) is 12.8. The lowest BCUT2D eigenvalue weighted by Crippen LogP contribution is -2.54. The van der Waals surface area contributed by atoms with Crippen molar-refractivity contribution in [2.45, 2.75) is 5.91 Å². The van der Waals surface area contributed by atoms with Crippen molar-refractivity contribution in [2.75, 3.05) is 13.2 Å². The molecule has 1 aliphatic carbocycles. The topological polar surface area (TPSA) is 59.9 Å². The first kappa shape index (κ1) is 13.7. The number of aliphatic imine (C=N–C) groups is 1. The number of Topliss-reactive ketones (excluding diaryl/α,β-unsaturated/α-hetero) is 1. The second kappa shape index (κ2) is 4.87. The summed E-state index contributed by atoms with van der Waals surface area (Å²) in [5.41, 5.74) is 4.03. The van der Waals surface area contributed by atoms with E-state index in [9.17, 15) is 4.79 Å². The van der Waals surface area contributed by atoms with Crippen LogP contribution in [0.15, 0.2) is 65.3 Å². The highest BCUT2D eigenvalue weighted by Crippen LogP contribution is 2.39. The maximum atomic E-state index is 12.7. The van der Waals surface area contributed by atoms with Crippen molar-refractivity contribution in [3.63, 3.8) is 0 Å². The fourth-order valence-electron chi connectivity index (χ4n) is 3.38. The van der Waals surface area contributed by atoms with E-state index in [1.54, 1.807) is 0 Å². The summed E-state index contributed by atoms with van der Waals surface area (Å²) < 4.78 is 11.8. The van der Waals surface area contributed by atoms with Gasteiger partial charge in [-0.1, -0.05) is 54.6 Å². The van der Waals surface area contributed by atoms with Gasteiger partial charge >= 0.3 is 0 Å². The number of allylic oxidation sites excluding steroid dienone is 1. The van der Waals surface area contributed by atoms with Crippen LogP contribution < -0.4 is 5.32 Å². The van der Waals surface area contributed by atoms with Crippen LogP contribution in [0, 0.1) is 0 Å². The first-order valence-electron chi connectivity index (χ1n) is 7.87. The van der Waals surface area contributed by atoms with Crippen LogP contribution in [0.5, 0.6) is 0 Å². The summed E-state index contributed by atoms with van der Waals surface area (Å²) in [7, 11) is 0. The van der Waals surface area contributed by atoms with Gasteiger partial charge in [-0.15, -0.1) is 0 Å². The predicted octanol–water partition coefficient (Wildman–Crippen LogP) is 2.34. The number of carbonyl (C=O) groups excluding carboxylic acids is 1. The molecule has 0 aromatic heterocycles. The van der Waals surface area contributed by atoms with Gasteiger partial charge in [-0.05, 0) is 0 Å². The summed E-state index contributed by atoms with van der Waals surface area (Å²) in [6.45, 7) is 0.939. The Morgan fingerprint density at radius 1 is 0.917 bits per heavy atom. The number of hydrogen-bond donors (Lipinski definition) is 1. The van der Waals surface area contributed by atoms with E-state index in [4.69, 9.17) is 9.47 Å². The maximum absolute atomic E-state index is 12.7. The molecule has 118 valence electrons. The Morgan fingerprint density at radius 3 is 2.33 bits per heavy atom. The van der Waals surface area contributed by atoms with Gasteiger partial charge in [0.1, 0.15) is 11.4 Å². The van der Waals surface area contributed by atoms with E-state index in [0.29, 0.717) is 35.9 Å². The van der Waals surface area contributed by atoms with E-state index in [-0.39, 0.29) is 5.78 Å². The molecule has 2 heterocycles. The van der Waals surface area contributed by atoms with E-state index in [2.05, 4.69) is 10.3 Å². The molecule has 1 spiro atoms. The molecule has 2 aromatic carbocycles. The van der Waals surface area contributed by atoms with E-state index in [1.807, 2.05) is 54.6 Å². The van der Waals surface area contributed by atoms with Crippen molar-refractivity contribution in [2.24, 2.45) is 4.99 Å². The lowest BCUT2D eigenvalue weighted by Gasteiger charge is -2.34. The standard InChI is InChI=1S/C19H14N2O3/c22-17-14-9-5-4-8-13(14)15-16(17)20-18(12-6-2-1-3-7-12)19(21-15)23-10-11-24-19/h1-9,21H,10-11H2. The Bertz CT molecular complexity index is 909. The van der Waals surface area contributed by atoms with Gasteiger partial charge in [-0.2, -0.15) is 0 Å². The van der Waals surface area contributed by atoms with Gasteiger partial charge in [0.25, 0.3) is 5.91 Å². The summed E-state index contributed by atoms with van der Waals surface area (Å²) in [4.78, 5) is 17.4. The van der Waals surface area contributed by atoms with E-state index in [0.717, 1.165) is 11.1 Å². The molecule has 0 unspecified atom stereocenters. The van der Waals surface area contributed by atoms with E-state index >= 15 is 0 Å². The normalized spacial score (nSPS) is 20.7. The second-order valence-corrected chi connectivity index (χ2v) is 5.86. The molecule has 5 heteroatoms. The Morgan fingerprint density at radius 2 is 1.58 bits per heavy atom. The SMILES string of the molecule is O=C1C2=C(NC3(OCCO3)C(c3ccccc3)=N2)c2ccccc21. The predicted molar refractivity (Wildman–Crippen MR) is 88.4 cm³/mol. The van der Waals surface area contributed by atoms with E-state index < -0.39 is 5.91 Å². The van der Waals surface area contributed by atoms with Crippen molar-refractivity contribution in [1.82, 2.24) is 5.32 Å². The third-order valence-electron chi connectivity index (χ3n) is 4.46. The number of ether oxygens (including phenoxy) is 2. The minimum Gasteiger partial charge on any atom is -0.327 e. The Labute approximate surface area is 138 Å². The Kier molecular flexibility index (Phi) is 2.77. The summed E-state index contributed by atoms with van der Waals surface area (Å²) in [6, 6.07) is 17.2. The number of fused-ring (bicyclic) bond motifs is 2. The van der Waals surface area contributed by atoms with E-state index in [1.165, 1.54) is 0 Å². The van der Waals surface area contributed by atoms with Crippen molar-refractivity contribution in [3.05, 3.63) is 77.0 Å². The molecule has 0 atom stereocenters. The number of benzene rings is 2. The van der Waals surface area contributed by atoms with Gasteiger partial charge in [0.05, 0.1) is 18.9 Å². The quantitative estimate of drug-likeness (QED) is 0.877. The molecular weight excluding hydrogens is 304 g/mol. The molecular formula is C19H14N2O3. The van der Waals surface area contributed by atoms with Gasteiger partial charge in [-0.25, -0.2) is 4.99 Å². The zero-order valence-electron chi connectivity index (χ0n) is 12.8. The number of nitrogens with one attached hydrogen (secondary N) is 1. The molecule has 0 bridgehead atoms. The van der Waals surface area contributed by atoms with Crippen LogP contribution in [-0.4, -0.2) is 30.6 Å². The van der Waals surface area contributed by atoms with Gasteiger partial charge in [-0.3, -0.25) is 4.79 Å². The number of rotatable bonds is 1. The zero-order chi connectivity index (χ0) is 16.1. The van der Waals surface area contributed by atoms with Crippen LogP contribution >= 0.6 is 0 Å². The fraction of sp³-hybridized carbons (Fsp3) is 0.158. The first-order valence-corrected chi connectivity index (χ1v) is 7.87. The molecule has 0 radical (unpaired) electrons. The first-order chi connectivity index (χ1) is 11.8. The maximum Gasteiger partial charge on any atom is 0.296 e. The molecule has 0 amide bonds. The lowest BCUT2D eigenvalue weighted by atomic mass is 10.0. The van der Waals surface area contributed by atoms with Crippen LogP contribution in [0.2, 0.25) is 0 Å². The summed E-state index contributed by atoms with van der Waals surface area (Å²) >= 11 is 0. The molecule has 1 saturated heterocycles. The molecule has 0 saturated carbocycles. The summed E-state index contributed by atoms with van der Waals surface area (Å²) in [5, 5.41) is 3.31. The van der Waals surface area contributed by atoms with Crippen LogP contribution in [0.3, 0.4) is 0 Å². The smallest absolute Gasteiger partial charge is 0.296 e. The van der Waals surface area contributed by atoms with Gasteiger partial charge in [0, 0.05) is 16.7 Å². The molecule has 3 aliphatic rings. The van der Waals surface area contributed by atoms with Crippen LogP contribution in [0.4, 0.5) is 0 Å². The van der Waals surface area contributed by atoms with Crippen molar-refractivity contribution in [3.8, 4) is 0 Å². The highest BCUT2D eigenvalue weighted by atomic mass is 16.8. The molecule has 5 rings (SSSR count). The summed E-state index contributed by atoms with van der Waals surface area (Å²) in [6.07, 6.45) is 0. The minimum absolute atomic E-state index is 0.0746. The molecule has 24 heavy (non-hydrogen) atoms. The molecule has 2 aromatic rings.